The summed E-state index contributed by atoms with van der Waals surface area (Å²) in [5, 5.41) is 1.33. The van der Waals surface area contributed by atoms with Gasteiger partial charge >= 0.3 is 0 Å². The number of aryl methyl sites for hydroxylation is 2. The van der Waals surface area contributed by atoms with Gasteiger partial charge in [0.2, 0.25) is 11.2 Å². The van der Waals surface area contributed by atoms with Gasteiger partial charge in [0.15, 0.2) is 5.54 Å². The van der Waals surface area contributed by atoms with E-state index in [1.54, 1.807) is 5.56 Å². The fraction of sp³-hybridized carbons (Fsp3) is 0.348. The fourth-order valence-corrected chi connectivity index (χ4v) is 4.61. The minimum atomic E-state index is 0.170. The van der Waals surface area contributed by atoms with Gasteiger partial charge in [0.05, 0.1) is 5.56 Å². The van der Waals surface area contributed by atoms with E-state index in [1.807, 2.05) is 0 Å². The van der Waals surface area contributed by atoms with Gasteiger partial charge in [-0.2, -0.15) is 4.57 Å². The number of aromatic nitrogens is 1. The number of hydrogen-bond acceptors (Lipinski definition) is 0. The second-order valence-electron chi connectivity index (χ2n) is 7.33. The van der Waals surface area contributed by atoms with Crippen LogP contribution in [0.25, 0.3) is 22.2 Å². The lowest BCUT2D eigenvalue weighted by molar-refractivity contribution is -0.735. The molecule has 0 radical (unpaired) electrons. The molecule has 0 N–H and O–H groups in total. The fourth-order valence-electron chi connectivity index (χ4n) is 4.61. The van der Waals surface area contributed by atoms with Crippen LogP contribution < -0.4 is 4.57 Å². The zero-order valence-corrected chi connectivity index (χ0v) is 15.2. The molecule has 0 amide bonds. The molecule has 0 unspecified atom stereocenters. The van der Waals surface area contributed by atoms with Gasteiger partial charge in [0.1, 0.15) is 0 Å². The highest BCUT2D eigenvalue weighted by molar-refractivity contribution is 5.79. The molecule has 0 spiro atoms. The monoisotopic (exact) mass is 316 g/mol. The van der Waals surface area contributed by atoms with E-state index in [4.69, 9.17) is 0 Å². The Morgan fingerprint density at radius 2 is 1.71 bits per heavy atom. The van der Waals surface area contributed by atoms with Crippen molar-refractivity contribution in [3.8, 4) is 11.3 Å². The van der Waals surface area contributed by atoms with Gasteiger partial charge in [0.25, 0.3) is 0 Å². The molecule has 0 atom stereocenters. The number of fused-ring (bicyclic) bond motifs is 5. The summed E-state index contributed by atoms with van der Waals surface area (Å²) in [6, 6.07) is 18.2. The van der Waals surface area contributed by atoms with E-state index in [2.05, 4.69) is 80.8 Å². The lowest BCUT2D eigenvalue weighted by atomic mass is 9.77. The van der Waals surface area contributed by atoms with E-state index in [1.165, 1.54) is 33.3 Å². The Labute approximate surface area is 145 Å². The predicted octanol–water partition coefficient (Wildman–Crippen LogP) is 5.48. The van der Waals surface area contributed by atoms with Crippen LogP contribution in [0.5, 0.6) is 0 Å². The second kappa shape index (κ2) is 5.44. The van der Waals surface area contributed by atoms with Crippen LogP contribution in [-0.4, -0.2) is 0 Å². The molecule has 0 fully saturated rings. The molecule has 3 aromatic rings. The van der Waals surface area contributed by atoms with E-state index in [0.717, 1.165) is 19.3 Å². The van der Waals surface area contributed by atoms with Crippen LogP contribution in [0, 0.1) is 13.8 Å². The Hall–Kier alpha value is -2.15. The summed E-state index contributed by atoms with van der Waals surface area (Å²) in [5.41, 5.74) is 8.68. The summed E-state index contributed by atoms with van der Waals surface area (Å²) >= 11 is 0. The van der Waals surface area contributed by atoms with Gasteiger partial charge in [-0.05, 0) is 43.2 Å². The molecule has 1 aliphatic rings. The van der Waals surface area contributed by atoms with Crippen LogP contribution in [0.1, 0.15) is 43.4 Å². The quantitative estimate of drug-likeness (QED) is 0.551. The number of para-hydroxylation sites is 1. The molecule has 4 rings (SSSR count). The minimum Gasteiger partial charge on any atom is -0.186 e. The normalized spacial score (nSPS) is 15.2. The highest BCUT2D eigenvalue weighted by Crippen LogP contribution is 2.39. The molecule has 24 heavy (non-hydrogen) atoms. The molecule has 1 aromatic heterocycles. The molecule has 0 saturated carbocycles. The van der Waals surface area contributed by atoms with Crippen LogP contribution in [0.15, 0.2) is 48.5 Å². The summed E-state index contributed by atoms with van der Waals surface area (Å²) in [6.07, 6.45) is 3.44. The average Bonchev–Trinajstić information content (AvgIpc) is 2.61. The number of pyridine rings is 1. The summed E-state index contributed by atoms with van der Waals surface area (Å²) < 4.78 is 2.64. The second-order valence-corrected chi connectivity index (χ2v) is 7.33. The Kier molecular flexibility index (Phi) is 3.49. The SMILES string of the molecule is CCC1(CC)Cc2c(C)cc(C)cc2-c2ccc3ccccc3[n+]21. The zero-order chi connectivity index (χ0) is 16.9. The Morgan fingerprint density at radius 3 is 2.46 bits per heavy atom. The van der Waals surface area contributed by atoms with Crippen LogP contribution in [0.2, 0.25) is 0 Å². The molecule has 2 aromatic carbocycles. The first-order valence-electron chi connectivity index (χ1n) is 9.14. The lowest BCUT2D eigenvalue weighted by Gasteiger charge is -2.34. The lowest BCUT2D eigenvalue weighted by Crippen LogP contribution is -2.60. The highest BCUT2D eigenvalue weighted by Gasteiger charge is 2.45. The Balaban J connectivity index is 2.16. The van der Waals surface area contributed by atoms with Crippen LogP contribution >= 0.6 is 0 Å². The van der Waals surface area contributed by atoms with E-state index >= 15 is 0 Å². The number of rotatable bonds is 2. The molecule has 0 saturated heterocycles. The van der Waals surface area contributed by atoms with Crippen molar-refractivity contribution >= 4 is 10.9 Å². The molecule has 0 aliphatic carbocycles. The van der Waals surface area contributed by atoms with Gasteiger partial charge in [0, 0.05) is 36.8 Å². The molecule has 0 bridgehead atoms. The van der Waals surface area contributed by atoms with Crippen molar-refractivity contribution in [2.24, 2.45) is 0 Å². The van der Waals surface area contributed by atoms with Crippen LogP contribution in [-0.2, 0) is 12.0 Å². The maximum absolute atomic E-state index is 2.64. The van der Waals surface area contributed by atoms with E-state index in [9.17, 15) is 0 Å². The standard InChI is InChI=1S/C23H26N/c1-5-23(6-2)15-20-17(4)13-16(3)14-19(20)22-12-11-18-9-7-8-10-21(18)24(22)23/h7-14H,5-6,15H2,1-4H3/q+1. The van der Waals surface area contributed by atoms with Gasteiger partial charge in [-0.1, -0.05) is 37.6 Å². The number of benzene rings is 2. The van der Waals surface area contributed by atoms with Crippen molar-refractivity contribution < 1.29 is 4.57 Å². The summed E-state index contributed by atoms with van der Waals surface area (Å²) in [5.74, 6) is 0. The van der Waals surface area contributed by atoms with E-state index < -0.39 is 0 Å². The summed E-state index contributed by atoms with van der Waals surface area (Å²) in [6.45, 7) is 9.17. The summed E-state index contributed by atoms with van der Waals surface area (Å²) in [7, 11) is 0. The van der Waals surface area contributed by atoms with Crippen molar-refractivity contribution in [2.45, 2.75) is 52.5 Å². The van der Waals surface area contributed by atoms with Crippen molar-refractivity contribution in [1.82, 2.24) is 0 Å². The van der Waals surface area contributed by atoms with Crippen LogP contribution in [0.4, 0.5) is 0 Å². The smallest absolute Gasteiger partial charge is 0.186 e. The average molecular weight is 316 g/mol. The largest absolute Gasteiger partial charge is 0.213 e. The molecule has 1 aliphatic heterocycles. The molecule has 1 nitrogen and oxygen atoms in total. The zero-order valence-electron chi connectivity index (χ0n) is 15.2. The third-order valence-electron chi connectivity index (χ3n) is 6.03. The number of nitrogens with zero attached hydrogens (tertiary/aromatic N) is 1. The van der Waals surface area contributed by atoms with Crippen LogP contribution in [0.3, 0.4) is 0 Å². The van der Waals surface area contributed by atoms with E-state index in [0.29, 0.717) is 0 Å². The Morgan fingerprint density at radius 1 is 0.958 bits per heavy atom. The van der Waals surface area contributed by atoms with E-state index in [-0.39, 0.29) is 5.54 Å². The first-order chi connectivity index (χ1) is 11.6. The van der Waals surface area contributed by atoms with Gasteiger partial charge < -0.3 is 0 Å². The number of hydrogen-bond donors (Lipinski definition) is 0. The third kappa shape index (κ3) is 2.04. The summed E-state index contributed by atoms with van der Waals surface area (Å²) in [4.78, 5) is 0. The predicted molar refractivity (Wildman–Crippen MR) is 101 cm³/mol. The van der Waals surface area contributed by atoms with Gasteiger partial charge in [-0.25, -0.2) is 0 Å². The van der Waals surface area contributed by atoms with Gasteiger partial charge in [-0.3, -0.25) is 0 Å². The Bertz CT molecular complexity index is 932. The maximum Gasteiger partial charge on any atom is 0.213 e. The molecule has 2 heterocycles. The third-order valence-corrected chi connectivity index (χ3v) is 6.03. The maximum atomic E-state index is 2.64. The molecule has 1 heteroatoms. The highest BCUT2D eigenvalue weighted by atomic mass is 15.1. The van der Waals surface area contributed by atoms with Crippen molar-refractivity contribution in [3.05, 3.63) is 65.2 Å². The first kappa shape index (κ1) is 15.4. The van der Waals surface area contributed by atoms with Crippen molar-refractivity contribution in [2.75, 3.05) is 0 Å². The van der Waals surface area contributed by atoms with Crippen molar-refractivity contribution in [1.29, 1.82) is 0 Å². The topological polar surface area (TPSA) is 3.88 Å². The first-order valence-corrected chi connectivity index (χ1v) is 9.14. The molecular weight excluding hydrogens is 290 g/mol. The minimum absolute atomic E-state index is 0.170. The molecular formula is C23H26N+. The molecule has 122 valence electrons. The van der Waals surface area contributed by atoms with Crippen molar-refractivity contribution in [3.63, 3.8) is 0 Å². The van der Waals surface area contributed by atoms with Gasteiger partial charge in [-0.15, -0.1) is 0 Å².